The van der Waals surface area contributed by atoms with Gasteiger partial charge in [0, 0.05) is 6.92 Å². The Morgan fingerprint density at radius 2 is 2.33 bits per heavy atom. The minimum atomic E-state index is -0.273. The predicted molar refractivity (Wildman–Crippen MR) is 58.4 cm³/mol. The van der Waals surface area contributed by atoms with Gasteiger partial charge in [0.15, 0.2) is 0 Å². The van der Waals surface area contributed by atoms with E-state index in [4.69, 9.17) is 4.74 Å². The lowest BCUT2D eigenvalue weighted by atomic mass is 10.1. The molecule has 1 rings (SSSR count). The molecular weight excluding hydrogens is 192 g/mol. The fraction of sp³-hybridized carbons (Fsp3) is 0.750. The van der Waals surface area contributed by atoms with Gasteiger partial charge in [0.2, 0.25) is 0 Å². The second-order valence-electron chi connectivity index (χ2n) is 4.14. The Balaban J connectivity index is 2.45. The number of carbonyl (C=O) groups excluding carboxylic acids is 1. The Morgan fingerprint density at radius 1 is 1.53 bits per heavy atom. The van der Waals surface area contributed by atoms with Crippen LogP contribution in [0.25, 0.3) is 0 Å². The number of aliphatic hydroxyl groups is 1. The molecule has 0 fully saturated rings. The zero-order valence-corrected chi connectivity index (χ0v) is 9.37. The molecule has 0 aliphatic heterocycles. The van der Waals surface area contributed by atoms with Gasteiger partial charge in [-0.3, -0.25) is 4.79 Å². The van der Waals surface area contributed by atoms with Gasteiger partial charge >= 0.3 is 5.97 Å². The van der Waals surface area contributed by atoms with Crippen molar-refractivity contribution in [2.75, 3.05) is 6.61 Å². The summed E-state index contributed by atoms with van der Waals surface area (Å²) >= 11 is 0. The first-order valence-electron chi connectivity index (χ1n) is 5.68. The second kappa shape index (κ2) is 6.62. The number of rotatable bonds is 2. The molecule has 0 aromatic carbocycles. The summed E-state index contributed by atoms with van der Waals surface area (Å²) < 4.78 is 4.95. The molecule has 3 nitrogen and oxygen atoms in total. The topological polar surface area (TPSA) is 46.5 Å². The highest BCUT2D eigenvalue weighted by molar-refractivity contribution is 5.66. The first-order valence-corrected chi connectivity index (χ1v) is 5.68. The molecule has 0 amide bonds. The highest BCUT2D eigenvalue weighted by Gasteiger charge is 2.10. The van der Waals surface area contributed by atoms with E-state index in [1.165, 1.54) is 13.3 Å². The number of hydrogen-bond acceptors (Lipinski definition) is 3. The van der Waals surface area contributed by atoms with E-state index in [9.17, 15) is 9.90 Å². The maximum atomic E-state index is 10.7. The van der Waals surface area contributed by atoms with Crippen molar-refractivity contribution in [3.05, 3.63) is 11.6 Å². The number of ether oxygens (including phenoxy) is 1. The zero-order chi connectivity index (χ0) is 11.1. The van der Waals surface area contributed by atoms with Gasteiger partial charge in [0.05, 0.1) is 6.10 Å². The van der Waals surface area contributed by atoms with E-state index in [1.54, 1.807) is 0 Å². The molecule has 0 heterocycles. The molecule has 86 valence electrons. The van der Waals surface area contributed by atoms with Crippen LogP contribution in [0.2, 0.25) is 0 Å². The lowest BCUT2D eigenvalue weighted by Gasteiger charge is -2.12. The minimum Gasteiger partial charge on any atom is -0.461 e. The van der Waals surface area contributed by atoms with E-state index >= 15 is 0 Å². The summed E-state index contributed by atoms with van der Waals surface area (Å²) in [5.74, 6) is -0.259. The molecule has 0 saturated heterocycles. The third-order valence-electron chi connectivity index (χ3n) is 2.63. The monoisotopic (exact) mass is 212 g/mol. The van der Waals surface area contributed by atoms with Gasteiger partial charge in [-0.1, -0.05) is 18.9 Å². The van der Waals surface area contributed by atoms with Crippen LogP contribution in [-0.2, 0) is 9.53 Å². The standard InChI is InChI=1S/C12H20O3/c1-10(13)15-9-11-6-4-2-3-5-7-12(14)8-11/h6,12,14H,2-5,7-9H2,1H3/b11-6+. The lowest BCUT2D eigenvalue weighted by Crippen LogP contribution is -2.11. The molecule has 0 bridgehead atoms. The van der Waals surface area contributed by atoms with Gasteiger partial charge in [0.1, 0.15) is 6.61 Å². The van der Waals surface area contributed by atoms with Crippen LogP contribution in [0, 0.1) is 0 Å². The van der Waals surface area contributed by atoms with Crippen LogP contribution in [0.5, 0.6) is 0 Å². The summed E-state index contributed by atoms with van der Waals surface area (Å²) in [5, 5.41) is 9.69. The highest BCUT2D eigenvalue weighted by Crippen LogP contribution is 2.17. The van der Waals surface area contributed by atoms with Gasteiger partial charge in [-0.25, -0.2) is 0 Å². The number of esters is 1. The van der Waals surface area contributed by atoms with E-state index in [2.05, 4.69) is 6.08 Å². The third kappa shape index (κ3) is 5.57. The Hall–Kier alpha value is -0.830. The van der Waals surface area contributed by atoms with E-state index in [0.717, 1.165) is 31.3 Å². The number of carbonyl (C=O) groups is 1. The molecule has 0 aromatic rings. The van der Waals surface area contributed by atoms with Gasteiger partial charge in [-0.2, -0.15) is 0 Å². The van der Waals surface area contributed by atoms with Crippen LogP contribution in [0.1, 0.15) is 45.4 Å². The molecule has 15 heavy (non-hydrogen) atoms. The van der Waals surface area contributed by atoms with Gasteiger partial charge < -0.3 is 9.84 Å². The second-order valence-corrected chi connectivity index (χ2v) is 4.14. The first kappa shape index (κ1) is 12.2. The zero-order valence-electron chi connectivity index (χ0n) is 9.37. The highest BCUT2D eigenvalue weighted by atomic mass is 16.5. The van der Waals surface area contributed by atoms with Crippen molar-refractivity contribution in [1.82, 2.24) is 0 Å². The molecular formula is C12H20O3. The quantitative estimate of drug-likeness (QED) is 0.563. The molecule has 1 aliphatic rings. The Bertz CT molecular complexity index is 233. The largest absolute Gasteiger partial charge is 0.461 e. The third-order valence-corrected chi connectivity index (χ3v) is 2.63. The average molecular weight is 212 g/mol. The fourth-order valence-corrected chi connectivity index (χ4v) is 1.81. The van der Waals surface area contributed by atoms with Crippen LogP contribution >= 0.6 is 0 Å². The van der Waals surface area contributed by atoms with Crippen LogP contribution in [0.3, 0.4) is 0 Å². The Labute approximate surface area is 91.1 Å². The van der Waals surface area contributed by atoms with Crippen molar-refractivity contribution in [1.29, 1.82) is 0 Å². The van der Waals surface area contributed by atoms with Crippen molar-refractivity contribution in [3.8, 4) is 0 Å². The van der Waals surface area contributed by atoms with E-state index < -0.39 is 0 Å². The van der Waals surface area contributed by atoms with Gasteiger partial charge in [-0.05, 0) is 31.3 Å². The van der Waals surface area contributed by atoms with Crippen molar-refractivity contribution < 1.29 is 14.6 Å². The molecule has 1 unspecified atom stereocenters. The molecule has 0 radical (unpaired) electrons. The summed E-state index contributed by atoms with van der Waals surface area (Å²) in [6.45, 7) is 1.75. The summed E-state index contributed by atoms with van der Waals surface area (Å²) in [4.78, 5) is 10.7. The maximum Gasteiger partial charge on any atom is 0.302 e. The first-order chi connectivity index (χ1) is 7.18. The van der Waals surface area contributed by atoms with E-state index in [1.807, 2.05) is 0 Å². The van der Waals surface area contributed by atoms with Crippen LogP contribution < -0.4 is 0 Å². The van der Waals surface area contributed by atoms with Crippen LogP contribution in [0.4, 0.5) is 0 Å². The molecule has 1 aliphatic carbocycles. The number of aliphatic hydroxyl groups excluding tert-OH is 1. The predicted octanol–water partition coefficient (Wildman–Crippen LogP) is 2.19. The van der Waals surface area contributed by atoms with E-state index in [-0.39, 0.29) is 12.1 Å². The number of allylic oxidation sites excluding steroid dienone is 1. The van der Waals surface area contributed by atoms with Crippen molar-refractivity contribution in [2.45, 2.75) is 51.6 Å². The smallest absolute Gasteiger partial charge is 0.302 e. The average Bonchev–Trinajstić information content (AvgIpc) is 2.27. The molecule has 0 aromatic heterocycles. The molecule has 1 atom stereocenters. The number of hydrogen-bond donors (Lipinski definition) is 1. The van der Waals surface area contributed by atoms with Crippen LogP contribution in [-0.4, -0.2) is 23.8 Å². The minimum absolute atomic E-state index is 0.259. The summed E-state index contributed by atoms with van der Waals surface area (Å²) in [7, 11) is 0. The Morgan fingerprint density at radius 3 is 3.07 bits per heavy atom. The summed E-state index contributed by atoms with van der Waals surface area (Å²) in [5.41, 5.74) is 1.06. The summed E-state index contributed by atoms with van der Waals surface area (Å²) in [6, 6.07) is 0. The van der Waals surface area contributed by atoms with E-state index in [0.29, 0.717) is 13.0 Å². The normalized spacial score (nSPS) is 26.8. The lowest BCUT2D eigenvalue weighted by molar-refractivity contribution is -0.140. The molecule has 0 spiro atoms. The Kier molecular flexibility index (Phi) is 5.40. The van der Waals surface area contributed by atoms with Gasteiger partial charge in [0.25, 0.3) is 0 Å². The fourth-order valence-electron chi connectivity index (χ4n) is 1.81. The van der Waals surface area contributed by atoms with Crippen molar-refractivity contribution in [3.63, 3.8) is 0 Å². The van der Waals surface area contributed by atoms with Crippen LogP contribution in [0.15, 0.2) is 11.6 Å². The maximum absolute atomic E-state index is 10.7. The molecule has 3 heteroatoms. The SMILES string of the molecule is CC(=O)OC/C1=C/CCCCCC(O)C1. The van der Waals surface area contributed by atoms with Gasteiger partial charge in [-0.15, -0.1) is 0 Å². The molecule has 1 N–H and O–H groups in total. The molecule has 0 saturated carbocycles. The summed E-state index contributed by atoms with van der Waals surface area (Å²) in [6.07, 6.45) is 7.80. The van der Waals surface area contributed by atoms with Crippen molar-refractivity contribution in [2.24, 2.45) is 0 Å². The van der Waals surface area contributed by atoms with Crippen molar-refractivity contribution >= 4 is 5.97 Å².